The number of rotatable bonds is 14. The number of aryl methyl sites for hydroxylation is 1. The summed E-state index contributed by atoms with van der Waals surface area (Å²) in [5, 5.41) is 3.14. The summed E-state index contributed by atoms with van der Waals surface area (Å²) >= 11 is 6.43. The van der Waals surface area contributed by atoms with Crippen molar-refractivity contribution in [3.63, 3.8) is 0 Å². The van der Waals surface area contributed by atoms with Crippen LogP contribution in [0.5, 0.6) is 5.75 Å². The molecule has 0 bridgehead atoms. The first-order valence-corrected chi connectivity index (χ1v) is 17.1. The molecule has 0 radical (unpaired) electrons. The maximum absolute atomic E-state index is 14.5. The largest absolute Gasteiger partial charge is 0.495 e. The van der Waals surface area contributed by atoms with Crippen molar-refractivity contribution in [1.82, 2.24) is 10.2 Å². The normalized spacial score (nSPS) is 12.6. The standard InChI is InChI=1S/C36H39ClFN3O5S/c1-5-26(3)39-36(43)33(21-27-9-7-6-8-10-27)40(23-28-13-15-29(38)16-14-28)35(42)24-41(30-17-20-34(46-4)32(37)22-30)47(44,45)31-18-11-25(2)12-19-31/h6-20,22,26,33H,5,21,23-24H2,1-4H3,(H,39,43). The number of hydrogen-bond acceptors (Lipinski definition) is 5. The lowest BCUT2D eigenvalue weighted by molar-refractivity contribution is -0.140. The van der Waals surface area contributed by atoms with Crippen molar-refractivity contribution in [2.24, 2.45) is 0 Å². The average molecular weight is 680 g/mol. The Balaban J connectivity index is 1.83. The van der Waals surface area contributed by atoms with E-state index in [4.69, 9.17) is 16.3 Å². The number of nitrogens with one attached hydrogen (secondary N) is 1. The first kappa shape index (κ1) is 35.4. The Morgan fingerprint density at radius 2 is 1.60 bits per heavy atom. The SMILES string of the molecule is CCC(C)NC(=O)C(Cc1ccccc1)N(Cc1ccc(F)cc1)C(=O)CN(c1ccc(OC)c(Cl)c1)S(=O)(=O)c1ccc(C)cc1. The van der Waals surface area contributed by atoms with Gasteiger partial charge in [0.15, 0.2) is 0 Å². The number of amides is 2. The van der Waals surface area contributed by atoms with E-state index < -0.39 is 34.3 Å². The molecule has 0 aliphatic rings. The number of halogens is 2. The molecule has 0 spiro atoms. The van der Waals surface area contributed by atoms with Crippen LogP contribution in [0, 0.1) is 12.7 Å². The molecule has 0 fully saturated rings. The first-order valence-electron chi connectivity index (χ1n) is 15.2. The number of benzene rings is 4. The molecular formula is C36H39ClFN3O5S. The monoisotopic (exact) mass is 679 g/mol. The predicted octanol–water partition coefficient (Wildman–Crippen LogP) is 6.55. The molecular weight excluding hydrogens is 641 g/mol. The third-order valence-electron chi connectivity index (χ3n) is 7.85. The van der Waals surface area contributed by atoms with Gasteiger partial charge >= 0.3 is 0 Å². The topological polar surface area (TPSA) is 96.0 Å². The van der Waals surface area contributed by atoms with Crippen LogP contribution >= 0.6 is 11.6 Å². The van der Waals surface area contributed by atoms with Gasteiger partial charge in [-0.25, -0.2) is 12.8 Å². The minimum atomic E-state index is -4.31. The molecule has 8 nitrogen and oxygen atoms in total. The zero-order valence-corrected chi connectivity index (χ0v) is 28.4. The molecule has 4 rings (SSSR count). The fourth-order valence-corrected chi connectivity index (χ4v) is 6.62. The van der Waals surface area contributed by atoms with Gasteiger partial charge in [0.1, 0.15) is 24.2 Å². The number of carbonyl (C=O) groups excluding carboxylic acids is 2. The van der Waals surface area contributed by atoms with Crippen LogP contribution in [-0.2, 0) is 32.6 Å². The van der Waals surface area contributed by atoms with Crippen LogP contribution in [0.1, 0.15) is 37.0 Å². The second-order valence-electron chi connectivity index (χ2n) is 11.3. The average Bonchev–Trinajstić information content (AvgIpc) is 3.06. The van der Waals surface area contributed by atoms with E-state index in [-0.39, 0.29) is 40.5 Å². The van der Waals surface area contributed by atoms with E-state index >= 15 is 0 Å². The van der Waals surface area contributed by atoms with Crippen molar-refractivity contribution in [2.75, 3.05) is 18.0 Å². The highest BCUT2D eigenvalue weighted by Gasteiger charge is 2.35. The van der Waals surface area contributed by atoms with Crippen molar-refractivity contribution in [2.45, 2.75) is 57.1 Å². The number of hydrogen-bond donors (Lipinski definition) is 1. The quantitative estimate of drug-likeness (QED) is 0.163. The second kappa shape index (κ2) is 15.9. The minimum Gasteiger partial charge on any atom is -0.495 e. The van der Waals surface area contributed by atoms with Gasteiger partial charge < -0.3 is 15.0 Å². The summed E-state index contributed by atoms with van der Waals surface area (Å²) in [7, 11) is -2.87. The van der Waals surface area contributed by atoms with Crippen LogP contribution in [0.3, 0.4) is 0 Å². The maximum Gasteiger partial charge on any atom is 0.264 e. The van der Waals surface area contributed by atoms with Crippen molar-refractivity contribution in [1.29, 1.82) is 0 Å². The molecule has 2 amide bonds. The van der Waals surface area contributed by atoms with Gasteiger partial charge in [-0.1, -0.05) is 78.7 Å². The van der Waals surface area contributed by atoms with E-state index in [0.717, 1.165) is 15.4 Å². The van der Waals surface area contributed by atoms with Gasteiger partial charge in [0, 0.05) is 19.0 Å². The Kier molecular flexibility index (Phi) is 12.0. The third kappa shape index (κ3) is 9.11. The smallest absolute Gasteiger partial charge is 0.264 e. The lowest BCUT2D eigenvalue weighted by atomic mass is 10.0. The molecule has 0 aliphatic heterocycles. The number of carbonyl (C=O) groups is 2. The summed E-state index contributed by atoms with van der Waals surface area (Å²) < 4.78 is 48.5. The van der Waals surface area contributed by atoms with Gasteiger partial charge in [0.05, 0.1) is 22.7 Å². The Labute approximate surface area is 281 Å². The van der Waals surface area contributed by atoms with E-state index in [1.807, 2.05) is 51.1 Å². The second-order valence-corrected chi connectivity index (χ2v) is 13.6. The molecule has 0 saturated carbocycles. The molecule has 0 saturated heterocycles. The number of anilines is 1. The third-order valence-corrected chi connectivity index (χ3v) is 9.93. The van der Waals surface area contributed by atoms with Gasteiger partial charge in [0.2, 0.25) is 11.8 Å². The van der Waals surface area contributed by atoms with E-state index in [2.05, 4.69) is 5.32 Å². The molecule has 2 unspecified atom stereocenters. The summed E-state index contributed by atoms with van der Waals surface area (Å²) in [4.78, 5) is 29.8. The van der Waals surface area contributed by atoms with Gasteiger partial charge in [-0.05, 0) is 73.9 Å². The summed E-state index contributed by atoms with van der Waals surface area (Å²) in [5.74, 6) is -1.15. The van der Waals surface area contributed by atoms with Crippen molar-refractivity contribution in [3.8, 4) is 5.75 Å². The maximum atomic E-state index is 14.5. The Bertz CT molecular complexity index is 1770. The van der Waals surface area contributed by atoms with Crippen LogP contribution in [0.2, 0.25) is 5.02 Å². The number of methoxy groups -OCH3 is 1. The number of nitrogens with zero attached hydrogens (tertiary/aromatic N) is 2. The lowest BCUT2D eigenvalue weighted by Crippen LogP contribution is -2.54. The summed E-state index contributed by atoms with van der Waals surface area (Å²) in [5.41, 5.74) is 2.37. The Hall–Kier alpha value is -4.41. The molecule has 0 aromatic heterocycles. The molecule has 0 aliphatic carbocycles. The van der Waals surface area contributed by atoms with E-state index in [1.54, 1.807) is 12.1 Å². The van der Waals surface area contributed by atoms with E-state index in [1.165, 1.54) is 66.6 Å². The Morgan fingerprint density at radius 3 is 2.19 bits per heavy atom. The van der Waals surface area contributed by atoms with Gasteiger partial charge in [-0.3, -0.25) is 13.9 Å². The zero-order valence-electron chi connectivity index (χ0n) is 26.8. The highest BCUT2D eigenvalue weighted by atomic mass is 35.5. The summed E-state index contributed by atoms with van der Waals surface area (Å²) in [6.07, 6.45) is 0.825. The lowest BCUT2D eigenvalue weighted by Gasteiger charge is -2.34. The number of ether oxygens (including phenoxy) is 1. The fourth-order valence-electron chi connectivity index (χ4n) is 4.96. The van der Waals surface area contributed by atoms with Crippen molar-refractivity contribution in [3.05, 3.63) is 125 Å². The van der Waals surface area contributed by atoms with Crippen molar-refractivity contribution < 1.29 is 27.1 Å². The van der Waals surface area contributed by atoms with Gasteiger partial charge in [-0.2, -0.15) is 0 Å². The number of sulfonamides is 1. The van der Waals surface area contributed by atoms with Crippen LogP contribution < -0.4 is 14.4 Å². The molecule has 248 valence electrons. The molecule has 2 atom stereocenters. The minimum absolute atomic E-state index is 0.0247. The molecule has 4 aromatic carbocycles. The van der Waals surface area contributed by atoms with Crippen LogP contribution in [-0.4, -0.2) is 50.9 Å². The molecule has 47 heavy (non-hydrogen) atoms. The zero-order chi connectivity index (χ0) is 34.1. The molecule has 4 aromatic rings. The van der Waals surface area contributed by atoms with Crippen molar-refractivity contribution >= 4 is 39.1 Å². The predicted molar refractivity (Wildman–Crippen MR) is 182 cm³/mol. The highest BCUT2D eigenvalue weighted by Crippen LogP contribution is 2.32. The van der Waals surface area contributed by atoms with Crippen LogP contribution in [0.4, 0.5) is 10.1 Å². The van der Waals surface area contributed by atoms with Gasteiger partial charge in [-0.15, -0.1) is 0 Å². The molecule has 1 N–H and O–H groups in total. The van der Waals surface area contributed by atoms with E-state index in [9.17, 15) is 22.4 Å². The summed E-state index contributed by atoms with van der Waals surface area (Å²) in [6, 6.07) is 24.4. The fraction of sp³-hybridized carbons (Fsp3) is 0.278. The first-order chi connectivity index (χ1) is 22.4. The van der Waals surface area contributed by atoms with E-state index in [0.29, 0.717) is 17.7 Å². The highest BCUT2D eigenvalue weighted by molar-refractivity contribution is 7.92. The van der Waals surface area contributed by atoms with Gasteiger partial charge in [0.25, 0.3) is 10.0 Å². The molecule has 11 heteroatoms. The molecule has 0 heterocycles. The Morgan fingerprint density at radius 1 is 0.936 bits per heavy atom. The summed E-state index contributed by atoms with van der Waals surface area (Å²) in [6.45, 7) is 4.92. The van der Waals surface area contributed by atoms with Crippen LogP contribution in [0.15, 0.2) is 102 Å². The van der Waals surface area contributed by atoms with Crippen LogP contribution in [0.25, 0.3) is 0 Å².